The van der Waals surface area contributed by atoms with Crippen molar-refractivity contribution in [2.24, 2.45) is 5.92 Å². The zero-order valence-corrected chi connectivity index (χ0v) is 15.3. The first-order valence-corrected chi connectivity index (χ1v) is 9.92. The third-order valence-corrected chi connectivity index (χ3v) is 6.09. The van der Waals surface area contributed by atoms with Crippen LogP contribution in [0.3, 0.4) is 0 Å². The van der Waals surface area contributed by atoms with E-state index in [1.54, 1.807) is 24.5 Å². The van der Waals surface area contributed by atoms with E-state index in [0.717, 1.165) is 45.6 Å². The highest BCUT2D eigenvalue weighted by molar-refractivity contribution is 5.94. The lowest BCUT2D eigenvalue weighted by Crippen LogP contribution is -2.48. The summed E-state index contributed by atoms with van der Waals surface area (Å²) in [5, 5.41) is 0. The lowest BCUT2D eigenvalue weighted by atomic mass is 9.94. The minimum atomic E-state index is 0.0654. The summed E-state index contributed by atoms with van der Waals surface area (Å²) in [5.41, 5.74) is 0.688. The van der Waals surface area contributed by atoms with Gasteiger partial charge in [-0.3, -0.25) is 14.6 Å². The summed E-state index contributed by atoms with van der Waals surface area (Å²) < 4.78 is 0. The number of amides is 2. The molecule has 6 nitrogen and oxygen atoms in total. The van der Waals surface area contributed by atoms with E-state index >= 15 is 0 Å². The Labute approximate surface area is 155 Å². The Morgan fingerprint density at radius 2 is 1.81 bits per heavy atom. The fourth-order valence-corrected chi connectivity index (χ4v) is 4.63. The maximum absolute atomic E-state index is 12.8. The molecule has 4 aliphatic heterocycles. The first-order chi connectivity index (χ1) is 12.7. The lowest BCUT2D eigenvalue weighted by Gasteiger charge is -2.36. The van der Waals surface area contributed by atoms with Gasteiger partial charge in [0.2, 0.25) is 5.91 Å². The van der Waals surface area contributed by atoms with Crippen molar-refractivity contribution in [3.63, 3.8) is 0 Å². The van der Waals surface area contributed by atoms with Crippen LogP contribution in [0.2, 0.25) is 0 Å². The second-order valence-corrected chi connectivity index (χ2v) is 7.89. The van der Waals surface area contributed by atoms with E-state index in [2.05, 4.69) is 14.8 Å². The van der Waals surface area contributed by atoms with E-state index < -0.39 is 0 Å². The van der Waals surface area contributed by atoms with Crippen molar-refractivity contribution in [3.05, 3.63) is 30.1 Å². The van der Waals surface area contributed by atoms with Gasteiger partial charge in [0, 0.05) is 56.6 Å². The van der Waals surface area contributed by atoms with E-state index in [9.17, 15) is 9.59 Å². The van der Waals surface area contributed by atoms with Crippen molar-refractivity contribution in [1.29, 1.82) is 0 Å². The topological polar surface area (TPSA) is 56.8 Å². The molecular formula is C20H28N4O2. The smallest absolute Gasteiger partial charge is 0.254 e. The predicted octanol–water partition coefficient (Wildman–Crippen LogP) is 1.63. The number of aromatic nitrogens is 1. The fourth-order valence-electron chi connectivity index (χ4n) is 4.63. The molecule has 2 amide bonds. The van der Waals surface area contributed by atoms with Gasteiger partial charge in [-0.1, -0.05) is 0 Å². The molecule has 0 aliphatic carbocycles. The molecule has 0 spiro atoms. The summed E-state index contributed by atoms with van der Waals surface area (Å²) in [5.74, 6) is 0.732. The molecule has 5 heterocycles. The van der Waals surface area contributed by atoms with Crippen LogP contribution in [0.5, 0.6) is 0 Å². The van der Waals surface area contributed by atoms with E-state index in [1.807, 2.05) is 4.90 Å². The number of hydrogen-bond donors (Lipinski definition) is 0. The van der Waals surface area contributed by atoms with Gasteiger partial charge in [-0.05, 0) is 56.8 Å². The lowest BCUT2D eigenvalue weighted by molar-refractivity contribution is -0.135. The van der Waals surface area contributed by atoms with Crippen LogP contribution in [0.1, 0.15) is 42.5 Å². The standard InChI is InChI=1S/C20H28N4O2/c25-19(7-12-22-10-1-2-11-22)24-14-16-3-4-18(24)15-23(13-16)20(26)17-5-8-21-9-6-17/h5-6,8-9,16,18H,1-4,7,10-15H2/t16-,18+/m0/s1. The van der Waals surface area contributed by atoms with E-state index in [-0.39, 0.29) is 17.9 Å². The van der Waals surface area contributed by atoms with Crippen molar-refractivity contribution in [1.82, 2.24) is 19.7 Å². The Morgan fingerprint density at radius 3 is 2.58 bits per heavy atom. The molecule has 0 unspecified atom stereocenters. The van der Waals surface area contributed by atoms with Crippen LogP contribution in [0.15, 0.2) is 24.5 Å². The van der Waals surface area contributed by atoms with Gasteiger partial charge in [0.15, 0.2) is 0 Å². The molecule has 4 saturated heterocycles. The Hall–Kier alpha value is -1.95. The van der Waals surface area contributed by atoms with Crippen molar-refractivity contribution in [2.75, 3.05) is 39.3 Å². The van der Waals surface area contributed by atoms with Crippen LogP contribution < -0.4 is 0 Å². The molecular weight excluding hydrogens is 328 g/mol. The zero-order valence-electron chi connectivity index (χ0n) is 15.3. The maximum Gasteiger partial charge on any atom is 0.254 e. The molecule has 140 valence electrons. The van der Waals surface area contributed by atoms with Crippen LogP contribution >= 0.6 is 0 Å². The normalized spacial score (nSPS) is 26.2. The van der Waals surface area contributed by atoms with Crippen LogP contribution in [0.25, 0.3) is 0 Å². The Morgan fingerprint density at radius 1 is 1.04 bits per heavy atom. The number of likely N-dealkylation sites (tertiary alicyclic amines) is 1. The van der Waals surface area contributed by atoms with Gasteiger partial charge < -0.3 is 14.7 Å². The zero-order chi connectivity index (χ0) is 17.9. The average molecular weight is 356 g/mol. The van der Waals surface area contributed by atoms with Gasteiger partial charge in [-0.15, -0.1) is 0 Å². The SMILES string of the molecule is O=C(c1ccncc1)N1C[C@@H]2CC[C@H](C1)N(C(=O)CCN1CCCC1)C2. The number of hydrogen-bond acceptors (Lipinski definition) is 4. The summed E-state index contributed by atoms with van der Waals surface area (Å²) in [7, 11) is 0. The fraction of sp³-hybridized carbons (Fsp3) is 0.650. The van der Waals surface area contributed by atoms with Gasteiger partial charge in [-0.25, -0.2) is 0 Å². The maximum atomic E-state index is 12.8. The van der Waals surface area contributed by atoms with Crippen molar-refractivity contribution >= 4 is 11.8 Å². The van der Waals surface area contributed by atoms with Crippen LogP contribution in [0.4, 0.5) is 0 Å². The highest BCUT2D eigenvalue weighted by Gasteiger charge is 2.38. The Bertz CT molecular complexity index is 644. The van der Waals surface area contributed by atoms with Gasteiger partial charge in [-0.2, -0.15) is 0 Å². The predicted molar refractivity (Wildman–Crippen MR) is 98.7 cm³/mol. The molecule has 26 heavy (non-hydrogen) atoms. The Balaban J connectivity index is 1.39. The average Bonchev–Trinajstić information content (AvgIpc) is 3.04. The van der Waals surface area contributed by atoms with E-state index in [4.69, 9.17) is 0 Å². The number of carbonyl (C=O) groups excluding carboxylic acids is 2. The van der Waals surface area contributed by atoms with Gasteiger partial charge in [0.1, 0.15) is 0 Å². The van der Waals surface area contributed by atoms with Crippen molar-refractivity contribution in [3.8, 4) is 0 Å². The van der Waals surface area contributed by atoms with Gasteiger partial charge in [0.25, 0.3) is 5.91 Å². The molecule has 0 saturated carbocycles. The first-order valence-electron chi connectivity index (χ1n) is 9.92. The minimum Gasteiger partial charge on any atom is -0.338 e. The monoisotopic (exact) mass is 356 g/mol. The summed E-state index contributed by atoms with van der Waals surface area (Å²) >= 11 is 0. The summed E-state index contributed by atoms with van der Waals surface area (Å²) in [4.78, 5) is 36.1. The molecule has 0 aromatic carbocycles. The molecule has 4 fully saturated rings. The molecule has 5 rings (SSSR count). The number of carbonyl (C=O) groups is 2. The number of piperidine rings is 1. The highest BCUT2D eigenvalue weighted by atomic mass is 16.2. The number of rotatable bonds is 4. The summed E-state index contributed by atoms with van der Waals surface area (Å²) in [6.45, 7) is 5.37. The van der Waals surface area contributed by atoms with E-state index in [0.29, 0.717) is 24.4 Å². The van der Waals surface area contributed by atoms with Crippen LogP contribution in [0, 0.1) is 5.92 Å². The molecule has 6 heteroatoms. The van der Waals surface area contributed by atoms with Crippen molar-refractivity contribution < 1.29 is 9.59 Å². The Kier molecular flexibility index (Phi) is 5.20. The third-order valence-electron chi connectivity index (χ3n) is 6.09. The quantitative estimate of drug-likeness (QED) is 0.823. The number of pyridine rings is 1. The molecule has 2 atom stereocenters. The first kappa shape index (κ1) is 17.5. The number of nitrogens with zero attached hydrogens (tertiary/aromatic N) is 4. The molecule has 1 aromatic rings. The molecule has 0 radical (unpaired) electrons. The largest absolute Gasteiger partial charge is 0.338 e. The number of fused-ring (bicyclic) bond motifs is 4. The van der Waals surface area contributed by atoms with Crippen LogP contribution in [-0.4, -0.2) is 76.8 Å². The van der Waals surface area contributed by atoms with E-state index in [1.165, 1.54) is 12.8 Å². The second-order valence-electron chi connectivity index (χ2n) is 7.89. The molecule has 0 N–H and O–H groups in total. The van der Waals surface area contributed by atoms with Crippen molar-refractivity contribution in [2.45, 2.75) is 38.1 Å². The molecule has 1 aromatic heterocycles. The van der Waals surface area contributed by atoms with Gasteiger partial charge >= 0.3 is 0 Å². The van der Waals surface area contributed by atoms with Gasteiger partial charge in [0.05, 0.1) is 0 Å². The van der Waals surface area contributed by atoms with Crippen LogP contribution in [-0.2, 0) is 4.79 Å². The summed E-state index contributed by atoms with van der Waals surface area (Å²) in [6.07, 6.45) is 8.58. The molecule has 4 aliphatic rings. The second kappa shape index (κ2) is 7.74. The highest BCUT2D eigenvalue weighted by Crippen LogP contribution is 2.29. The minimum absolute atomic E-state index is 0.0654. The molecule has 2 bridgehead atoms. The third kappa shape index (κ3) is 3.75. The summed E-state index contributed by atoms with van der Waals surface area (Å²) in [6, 6.07) is 3.72.